The average molecular weight is 885 g/mol. The number of alkyl halides is 3. The Morgan fingerprint density at radius 1 is 0.953 bits per heavy atom. The summed E-state index contributed by atoms with van der Waals surface area (Å²) in [5, 5.41) is 36.3. The van der Waals surface area contributed by atoms with Crippen molar-refractivity contribution in [2.45, 2.75) is 115 Å². The summed E-state index contributed by atoms with van der Waals surface area (Å²) >= 11 is 0. The molecule has 0 radical (unpaired) electrons. The topological polar surface area (TPSA) is 182 Å². The number of fused-ring (bicyclic) bond motifs is 2. The van der Waals surface area contributed by atoms with Crippen LogP contribution in [0.5, 0.6) is 0 Å². The minimum atomic E-state index is -4.69. The quantitative estimate of drug-likeness (QED) is 0.0994. The zero-order valence-electron chi connectivity index (χ0n) is 36.1. The van der Waals surface area contributed by atoms with Crippen LogP contribution in [-0.2, 0) is 21.4 Å². The van der Waals surface area contributed by atoms with Crippen LogP contribution in [-0.4, -0.2) is 90.6 Å². The molecule has 14 nitrogen and oxygen atoms in total. The minimum Gasteiger partial charge on any atom is -0.386 e. The van der Waals surface area contributed by atoms with Crippen LogP contribution in [0.1, 0.15) is 134 Å². The van der Waals surface area contributed by atoms with Crippen molar-refractivity contribution in [3.63, 3.8) is 0 Å². The number of halogens is 3. The number of hydrogen-bond acceptors (Lipinski definition) is 10. The van der Waals surface area contributed by atoms with Crippen LogP contribution >= 0.6 is 0 Å². The zero-order valence-corrected chi connectivity index (χ0v) is 36.1. The summed E-state index contributed by atoms with van der Waals surface area (Å²) in [6.45, 7) is 7.17. The lowest BCUT2D eigenvalue weighted by Crippen LogP contribution is -2.53. The van der Waals surface area contributed by atoms with Gasteiger partial charge in [-0.2, -0.15) is 18.3 Å². The number of pyridine rings is 1. The third-order valence-electron chi connectivity index (χ3n) is 14.4. The zero-order chi connectivity index (χ0) is 45.1. The number of aliphatic hydroxyl groups excluding tert-OH is 1. The van der Waals surface area contributed by atoms with Crippen molar-refractivity contribution in [1.82, 2.24) is 29.9 Å². The third-order valence-corrected chi connectivity index (χ3v) is 14.4. The van der Waals surface area contributed by atoms with E-state index in [1.54, 1.807) is 38.1 Å². The molecule has 17 heteroatoms. The van der Waals surface area contributed by atoms with Gasteiger partial charge < -0.3 is 25.7 Å². The molecule has 4 amide bonds. The van der Waals surface area contributed by atoms with Crippen molar-refractivity contribution < 1.29 is 42.6 Å². The Bertz CT molecular complexity index is 2460. The highest BCUT2D eigenvalue weighted by Crippen LogP contribution is 2.54. The number of rotatable bonds is 11. The molecule has 2 aromatic carbocycles. The summed E-state index contributed by atoms with van der Waals surface area (Å²) in [5.41, 5.74) is 0.365. The third kappa shape index (κ3) is 8.73. The van der Waals surface area contributed by atoms with E-state index < -0.39 is 47.5 Å². The number of aliphatic hydroxyl groups is 2. The smallest absolute Gasteiger partial charge is 0.386 e. The van der Waals surface area contributed by atoms with E-state index in [4.69, 9.17) is 5.10 Å². The Hall–Kier alpha value is -5.39. The number of anilines is 2. The molecule has 5 N–H and O–H groups in total. The van der Waals surface area contributed by atoms with Crippen LogP contribution < -0.4 is 16.0 Å². The van der Waals surface area contributed by atoms with Gasteiger partial charge in [0, 0.05) is 59.2 Å². The van der Waals surface area contributed by atoms with E-state index in [0.29, 0.717) is 51.7 Å². The van der Waals surface area contributed by atoms with Gasteiger partial charge in [0.15, 0.2) is 6.23 Å². The van der Waals surface area contributed by atoms with Gasteiger partial charge >= 0.3 is 6.18 Å². The molecule has 340 valence electrons. The SMILES string of the molecule is CC(C)(O)c1cc2nn(C3CCC(CN4CCC5(CC4)CC(CCNc4cccc6c4C(O)N(C4CCC(=O)NC4=O)C6=O)C5)CC3)cc2cc1NC(=O)c1cccc(C(F)(F)F)n1. The summed E-state index contributed by atoms with van der Waals surface area (Å²) in [5.74, 6) is -0.931. The summed E-state index contributed by atoms with van der Waals surface area (Å²) in [6.07, 6.45) is 6.23. The van der Waals surface area contributed by atoms with E-state index >= 15 is 0 Å². The maximum Gasteiger partial charge on any atom is 0.433 e. The Morgan fingerprint density at radius 2 is 1.69 bits per heavy atom. The van der Waals surface area contributed by atoms with E-state index in [-0.39, 0.29) is 36.2 Å². The molecule has 5 heterocycles. The number of piperidine rings is 2. The lowest BCUT2D eigenvalue weighted by Gasteiger charge is -2.53. The number of carbonyl (C=O) groups is 4. The molecule has 4 fully saturated rings. The van der Waals surface area contributed by atoms with Gasteiger partial charge in [0.2, 0.25) is 11.8 Å². The lowest BCUT2D eigenvalue weighted by molar-refractivity contribution is -0.141. The van der Waals surface area contributed by atoms with Gasteiger partial charge in [0.1, 0.15) is 17.4 Å². The molecule has 4 aromatic rings. The fraction of sp³-hybridized carbons (Fsp3) is 0.532. The average Bonchev–Trinajstić information content (AvgIpc) is 3.77. The molecule has 2 saturated heterocycles. The number of nitrogens with one attached hydrogen (secondary N) is 3. The van der Waals surface area contributed by atoms with Gasteiger partial charge in [-0.3, -0.25) is 34.1 Å². The number of aromatic nitrogens is 3. The van der Waals surface area contributed by atoms with E-state index in [9.17, 15) is 42.6 Å². The molecular formula is C47H55F3N8O6. The predicted octanol–water partition coefficient (Wildman–Crippen LogP) is 6.91. The molecule has 3 aliphatic heterocycles. The molecule has 2 unspecified atom stereocenters. The summed E-state index contributed by atoms with van der Waals surface area (Å²) in [7, 11) is 0. The fourth-order valence-electron chi connectivity index (χ4n) is 11.0. The monoisotopic (exact) mass is 884 g/mol. The summed E-state index contributed by atoms with van der Waals surface area (Å²) in [4.78, 5) is 57.9. The van der Waals surface area contributed by atoms with Gasteiger partial charge in [0.25, 0.3) is 11.8 Å². The number of benzene rings is 2. The van der Waals surface area contributed by atoms with Gasteiger partial charge in [-0.15, -0.1) is 0 Å². The van der Waals surface area contributed by atoms with E-state index in [2.05, 4.69) is 25.8 Å². The highest BCUT2D eigenvalue weighted by molar-refractivity contribution is 6.07. The first-order valence-electron chi connectivity index (χ1n) is 22.5. The highest BCUT2D eigenvalue weighted by atomic mass is 19.4. The highest BCUT2D eigenvalue weighted by Gasteiger charge is 2.47. The number of amides is 4. The lowest BCUT2D eigenvalue weighted by atomic mass is 9.57. The maximum atomic E-state index is 13.3. The standard InChI is InChI=1S/C47H55F3N8O6/c1-45(2,64)32-22-35-29(21-36(32)53-41(60)34-7-4-8-38(52-34)47(48,49)50)26-57(55-35)30-11-9-27(10-12-30)25-56-19-16-46(17-20-56)23-28(24-46)15-18-51-33-6-3-5-31-40(33)44(63)58(43(31)62)37-13-14-39(59)54-42(37)61/h3-8,21-22,26-28,30,37,44,51,63-64H,9-20,23-25H2,1-2H3,(H,53,60)(H,54,59,61). The molecule has 9 rings (SSSR count). The van der Waals surface area contributed by atoms with E-state index in [1.165, 1.54) is 36.6 Å². The van der Waals surface area contributed by atoms with Crippen molar-refractivity contribution >= 4 is 45.9 Å². The van der Waals surface area contributed by atoms with Gasteiger partial charge in [-0.05, 0) is 145 Å². The van der Waals surface area contributed by atoms with Crippen LogP contribution in [0.15, 0.2) is 54.7 Å². The molecule has 0 bridgehead atoms. The Balaban J connectivity index is 0.730. The molecule has 2 aromatic heterocycles. The van der Waals surface area contributed by atoms with Crippen molar-refractivity contribution in [3.8, 4) is 0 Å². The molecule has 1 spiro atoms. The number of nitrogens with zero attached hydrogens (tertiary/aromatic N) is 5. The first kappa shape index (κ1) is 43.8. The van der Waals surface area contributed by atoms with Crippen molar-refractivity contribution in [2.75, 3.05) is 36.8 Å². The summed E-state index contributed by atoms with van der Waals surface area (Å²) in [6, 6.07) is 11.2. The number of likely N-dealkylation sites (tertiary alicyclic amines) is 1. The number of carbonyl (C=O) groups excluding carboxylic acids is 4. The molecule has 64 heavy (non-hydrogen) atoms. The number of hydrogen-bond donors (Lipinski definition) is 5. The van der Waals surface area contributed by atoms with Gasteiger partial charge in [-0.25, -0.2) is 4.98 Å². The first-order valence-corrected chi connectivity index (χ1v) is 22.5. The molecule has 2 saturated carbocycles. The largest absolute Gasteiger partial charge is 0.433 e. The van der Waals surface area contributed by atoms with E-state index in [1.807, 2.05) is 16.9 Å². The van der Waals surface area contributed by atoms with Crippen LogP contribution in [0, 0.1) is 17.3 Å². The van der Waals surface area contributed by atoms with Crippen molar-refractivity contribution in [2.24, 2.45) is 17.3 Å². The molecular weight excluding hydrogens is 830 g/mol. The van der Waals surface area contributed by atoms with Crippen LogP contribution in [0.3, 0.4) is 0 Å². The minimum absolute atomic E-state index is 0.119. The second-order valence-electron chi connectivity index (χ2n) is 19.3. The predicted molar refractivity (Wildman–Crippen MR) is 231 cm³/mol. The Morgan fingerprint density at radius 3 is 2.39 bits per heavy atom. The fourth-order valence-corrected chi connectivity index (χ4v) is 11.0. The van der Waals surface area contributed by atoms with Crippen LogP contribution in [0.25, 0.3) is 10.9 Å². The Kier molecular flexibility index (Phi) is 11.6. The summed E-state index contributed by atoms with van der Waals surface area (Å²) < 4.78 is 41.8. The Labute approximate surface area is 369 Å². The second kappa shape index (κ2) is 16.9. The first-order chi connectivity index (χ1) is 30.4. The molecule has 2 atom stereocenters. The normalized spacial score (nSPS) is 24.2. The van der Waals surface area contributed by atoms with Crippen LogP contribution in [0.2, 0.25) is 0 Å². The molecule has 5 aliphatic rings. The van der Waals surface area contributed by atoms with Gasteiger partial charge in [0.05, 0.1) is 17.2 Å². The van der Waals surface area contributed by atoms with Crippen molar-refractivity contribution in [3.05, 3.63) is 82.8 Å². The van der Waals surface area contributed by atoms with Crippen molar-refractivity contribution in [1.29, 1.82) is 0 Å². The van der Waals surface area contributed by atoms with E-state index in [0.717, 1.165) is 69.3 Å². The van der Waals surface area contributed by atoms with Gasteiger partial charge in [-0.1, -0.05) is 12.1 Å². The van der Waals surface area contributed by atoms with Crippen LogP contribution in [0.4, 0.5) is 24.5 Å². The number of imide groups is 1. The second-order valence-corrected chi connectivity index (χ2v) is 19.3. The maximum absolute atomic E-state index is 13.3. The molecule has 2 aliphatic carbocycles.